The Morgan fingerprint density at radius 2 is 1.80 bits per heavy atom. The smallest absolute Gasteiger partial charge is 0.126 e. The van der Waals surface area contributed by atoms with Crippen molar-refractivity contribution in [1.82, 2.24) is 0 Å². The third-order valence-electron chi connectivity index (χ3n) is 4.72. The van der Waals surface area contributed by atoms with Crippen molar-refractivity contribution in [3.63, 3.8) is 0 Å². The molecule has 2 fully saturated rings. The molecule has 20 heavy (non-hydrogen) atoms. The summed E-state index contributed by atoms with van der Waals surface area (Å²) in [5.74, 6) is -1.26. The highest BCUT2D eigenvalue weighted by Crippen LogP contribution is 2.45. The molecule has 1 aliphatic heterocycles. The quantitative estimate of drug-likeness (QED) is 0.895. The van der Waals surface area contributed by atoms with Crippen molar-refractivity contribution in [2.24, 2.45) is 5.92 Å². The molecule has 0 radical (unpaired) electrons. The fourth-order valence-electron chi connectivity index (χ4n) is 3.72. The minimum atomic E-state index is -0.818. The van der Waals surface area contributed by atoms with E-state index in [0.29, 0.717) is 12.2 Å². The predicted octanol–water partition coefficient (Wildman–Crippen LogP) is 3.74. The van der Waals surface area contributed by atoms with Crippen LogP contribution in [0.4, 0.5) is 8.78 Å². The van der Waals surface area contributed by atoms with Gasteiger partial charge in [0.05, 0.1) is 11.7 Å². The maximum atomic E-state index is 13.3. The van der Waals surface area contributed by atoms with Gasteiger partial charge >= 0.3 is 0 Å². The summed E-state index contributed by atoms with van der Waals surface area (Å²) in [5, 5.41) is 10.4. The van der Waals surface area contributed by atoms with Gasteiger partial charge < -0.3 is 9.84 Å². The first-order valence-electron chi connectivity index (χ1n) is 7.36. The van der Waals surface area contributed by atoms with Crippen molar-refractivity contribution in [2.45, 2.75) is 50.2 Å². The molecule has 1 aromatic rings. The largest absolute Gasteiger partial charge is 0.388 e. The summed E-state index contributed by atoms with van der Waals surface area (Å²) < 4.78 is 32.5. The van der Waals surface area contributed by atoms with E-state index in [1.165, 1.54) is 12.1 Å². The summed E-state index contributed by atoms with van der Waals surface area (Å²) in [7, 11) is 0. The number of hydrogen-bond acceptors (Lipinski definition) is 2. The van der Waals surface area contributed by atoms with Crippen molar-refractivity contribution >= 4 is 0 Å². The molecule has 4 heteroatoms. The summed E-state index contributed by atoms with van der Waals surface area (Å²) in [6, 6.07) is 3.29. The number of aliphatic hydroxyl groups is 1. The number of aliphatic hydroxyl groups excluding tert-OH is 1. The van der Waals surface area contributed by atoms with Crippen LogP contribution in [0.3, 0.4) is 0 Å². The van der Waals surface area contributed by atoms with Crippen LogP contribution in [0.2, 0.25) is 0 Å². The number of halogens is 2. The molecule has 1 saturated heterocycles. The van der Waals surface area contributed by atoms with Crippen LogP contribution in [0.1, 0.15) is 50.2 Å². The Hall–Kier alpha value is -1.00. The predicted molar refractivity (Wildman–Crippen MR) is 71.2 cm³/mol. The molecule has 1 spiro atoms. The van der Waals surface area contributed by atoms with E-state index in [1.54, 1.807) is 0 Å². The van der Waals surface area contributed by atoms with Gasteiger partial charge in [-0.05, 0) is 49.3 Å². The van der Waals surface area contributed by atoms with Crippen molar-refractivity contribution < 1.29 is 18.6 Å². The minimum absolute atomic E-state index is 0.0167. The molecule has 2 unspecified atom stereocenters. The number of ether oxygens (including phenoxy) is 1. The molecule has 3 rings (SSSR count). The van der Waals surface area contributed by atoms with Crippen LogP contribution in [0, 0.1) is 17.6 Å². The van der Waals surface area contributed by atoms with Crippen LogP contribution in [0.25, 0.3) is 0 Å². The van der Waals surface area contributed by atoms with Crippen LogP contribution in [-0.4, -0.2) is 17.3 Å². The maximum Gasteiger partial charge on any atom is 0.126 e. The van der Waals surface area contributed by atoms with Crippen molar-refractivity contribution in [1.29, 1.82) is 0 Å². The third kappa shape index (κ3) is 2.72. The monoisotopic (exact) mass is 282 g/mol. The van der Waals surface area contributed by atoms with Crippen LogP contribution in [-0.2, 0) is 4.74 Å². The molecule has 1 saturated carbocycles. The standard InChI is InChI=1S/C16H20F2O2/c17-13-7-12(8-14(18)9-13)15(19)11-3-6-20-16(10-11)4-1-2-5-16/h7-9,11,15,19H,1-6,10H2. The molecule has 0 amide bonds. The van der Waals surface area contributed by atoms with Crippen LogP contribution < -0.4 is 0 Å². The molecule has 2 nitrogen and oxygen atoms in total. The molecule has 1 heterocycles. The highest BCUT2D eigenvalue weighted by atomic mass is 19.1. The lowest BCUT2D eigenvalue weighted by Gasteiger charge is -2.40. The molecule has 1 N–H and O–H groups in total. The number of hydrogen-bond donors (Lipinski definition) is 1. The van der Waals surface area contributed by atoms with E-state index in [1.807, 2.05) is 0 Å². The Morgan fingerprint density at radius 3 is 2.45 bits per heavy atom. The van der Waals surface area contributed by atoms with E-state index >= 15 is 0 Å². The summed E-state index contributed by atoms with van der Waals surface area (Å²) >= 11 is 0. The molecule has 0 aromatic heterocycles. The van der Waals surface area contributed by atoms with Crippen molar-refractivity contribution in [3.8, 4) is 0 Å². The van der Waals surface area contributed by atoms with Gasteiger partial charge in [0.15, 0.2) is 0 Å². The van der Waals surface area contributed by atoms with Crippen LogP contribution in [0.5, 0.6) is 0 Å². The molecule has 2 atom stereocenters. The minimum Gasteiger partial charge on any atom is -0.388 e. The van der Waals surface area contributed by atoms with E-state index in [9.17, 15) is 13.9 Å². The fourth-order valence-corrected chi connectivity index (χ4v) is 3.72. The first-order chi connectivity index (χ1) is 9.58. The first-order valence-corrected chi connectivity index (χ1v) is 7.36. The fraction of sp³-hybridized carbons (Fsp3) is 0.625. The second-order valence-electron chi connectivity index (χ2n) is 6.14. The van der Waals surface area contributed by atoms with Gasteiger partial charge in [-0.3, -0.25) is 0 Å². The van der Waals surface area contributed by atoms with E-state index in [-0.39, 0.29) is 11.5 Å². The lowest BCUT2D eigenvalue weighted by molar-refractivity contribution is -0.113. The molecule has 1 aromatic carbocycles. The second kappa shape index (κ2) is 5.41. The summed E-state index contributed by atoms with van der Waals surface area (Å²) in [6.07, 6.45) is 5.10. The number of benzene rings is 1. The Balaban J connectivity index is 1.77. The highest BCUT2D eigenvalue weighted by molar-refractivity contribution is 5.21. The van der Waals surface area contributed by atoms with E-state index in [4.69, 9.17) is 4.74 Å². The van der Waals surface area contributed by atoms with Gasteiger partial charge in [-0.25, -0.2) is 8.78 Å². The topological polar surface area (TPSA) is 29.5 Å². The zero-order chi connectivity index (χ0) is 14.2. The molecule has 2 aliphatic rings. The third-order valence-corrected chi connectivity index (χ3v) is 4.72. The van der Waals surface area contributed by atoms with E-state index in [0.717, 1.165) is 44.6 Å². The Bertz CT molecular complexity index is 463. The first kappa shape index (κ1) is 14.0. The molecular weight excluding hydrogens is 262 g/mol. The van der Waals surface area contributed by atoms with Gasteiger partial charge in [-0.2, -0.15) is 0 Å². The van der Waals surface area contributed by atoms with Crippen molar-refractivity contribution in [2.75, 3.05) is 6.61 Å². The SMILES string of the molecule is OC(c1cc(F)cc(F)c1)C1CCOC2(CCCC2)C1. The average Bonchev–Trinajstić information content (AvgIpc) is 2.85. The zero-order valence-corrected chi connectivity index (χ0v) is 11.4. The Labute approximate surface area is 117 Å². The summed E-state index contributed by atoms with van der Waals surface area (Å²) in [6.45, 7) is 0.625. The molecular formula is C16H20F2O2. The summed E-state index contributed by atoms with van der Waals surface area (Å²) in [5.41, 5.74) is 0.234. The van der Waals surface area contributed by atoms with Gasteiger partial charge in [0.25, 0.3) is 0 Å². The molecule has 0 bridgehead atoms. The molecule has 1 aliphatic carbocycles. The van der Waals surface area contributed by atoms with Gasteiger partial charge in [0.1, 0.15) is 11.6 Å². The van der Waals surface area contributed by atoms with Gasteiger partial charge in [-0.1, -0.05) is 12.8 Å². The number of rotatable bonds is 2. The highest BCUT2D eigenvalue weighted by Gasteiger charge is 2.42. The maximum absolute atomic E-state index is 13.3. The Kier molecular flexibility index (Phi) is 3.78. The van der Waals surface area contributed by atoms with E-state index < -0.39 is 17.7 Å². The normalized spacial score (nSPS) is 26.9. The van der Waals surface area contributed by atoms with Crippen molar-refractivity contribution in [3.05, 3.63) is 35.4 Å². The summed E-state index contributed by atoms with van der Waals surface area (Å²) in [4.78, 5) is 0. The Morgan fingerprint density at radius 1 is 1.15 bits per heavy atom. The van der Waals surface area contributed by atoms with Gasteiger partial charge in [0.2, 0.25) is 0 Å². The zero-order valence-electron chi connectivity index (χ0n) is 11.4. The lowest BCUT2D eigenvalue weighted by Crippen LogP contribution is -2.39. The van der Waals surface area contributed by atoms with Gasteiger partial charge in [-0.15, -0.1) is 0 Å². The molecule has 110 valence electrons. The van der Waals surface area contributed by atoms with Gasteiger partial charge in [0, 0.05) is 12.7 Å². The average molecular weight is 282 g/mol. The van der Waals surface area contributed by atoms with Crippen LogP contribution >= 0.6 is 0 Å². The van der Waals surface area contributed by atoms with E-state index in [2.05, 4.69) is 0 Å². The second-order valence-corrected chi connectivity index (χ2v) is 6.14. The lowest BCUT2D eigenvalue weighted by atomic mass is 9.80. The van der Waals surface area contributed by atoms with Crippen LogP contribution in [0.15, 0.2) is 18.2 Å².